The topological polar surface area (TPSA) is 76.7 Å². The zero-order chi connectivity index (χ0) is 23.6. The lowest BCUT2D eigenvalue weighted by Crippen LogP contribution is -2.43. The predicted molar refractivity (Wildman–Crippen MR) is 131 cm³/mol. The van der Waals surface area contributed by atoms with Crippen LogP contribution >= 0.6 is 15.9 Å². The van der Waals surface area contributed by atoms with Crippen molar-refractivity contribution in [3.8, 4) is 11.5 Å². The fraction of sp³-hybridized carbons (Fsp3) is 0.231. The Morgan fingerprint density at radius 3 is 2.33 bits per heavy atom. The Balaban J connectivity index is 1.46. The summed E-state index contributed by atoms with van der Waals surface area (Å²) >= 11 is 3.44. The molecule has 0 spiro atoms. The second-order valence-corrected chi connectivity index (χ2v) is 8.57. The average molecular weight is 511 g/mol. The molecule has 3 rings (SSSR count). The summed E-state index contributed by atoms with van der Waals surface area (Å²) in [6.07, 6.45) is 0.783. The number of amides is 2. The lowest BCUT2D eigenvalue weighted by atomic mass is 10.0. The molecule has 0 saturated heterocycles. The maximum absolute atomic E-state index is 12.4. The Bertz CT molecular complexity index is 1090. The molecule has 3 aromatic carbocycles. The van der Waals surface area contributed by atoms with Gasteiger partial charge >= 0.3 is 0 Å². The summed E-state index contributed by atoms with van der Waals surface area (Å²) in [4.78, 5) is 24.5. The van der Waals surface area contributed by atoms with Gasteiger partial charge in [-0.2, -0.15) is 0 Å². The molecule has 172 valence electrons. The largest absolute Gasteiger partial charge is 0.492 e. The third kappa shape index (κ3) is 7.36. The van der Waals surface area contributed by atoms with E-state index in [1.807, 2.05) is 54.6 Å². The number of para-hydroxylation sites is 1. The van der Waals surface area contributed by atoms with Gasteiger partial charge in [-0.05, 0) is 57.2 Å². The molecule has 0 aliphatic heterocycles. The minimum Gasteiger partial charge on any atom is -0.492 e. The van der Waals surface area contributed by atoms with E-state index >= 15 is 0 Å². The van der Waals surface area contributed by atoms with Crippen LogP contribution in [-0.4, -0.2) is 25.0 Å². The highest BCUT2D eigenvalue weighted by atomic mass is 79.9. The van der Waals surface area contributed by atoms with Gasteiger partial charge in [-0.15, -0.1) is 0 Å². The number of ether oxygens (including phenoxy) is 2. The Hall–Kier alpha value is -3.32. The fourth-order valence-corrected chi connectivity index (χ4v) is 3.64. The van der Waals surface area contributed by atoms with Crippen molar-refractivity contribution in [2.24, 2.45) is 0 Å². The van der Waals surface area contributed by atoms with Crippen LogP contribution in [0.2, 0.25) is 0 Å². The van der Waals surface area contributed by atoms with Crippen LogP contribution in [0.5, 0.6) is 11.5 Å². The first-order valence-corrected chi connectivity index (χ1v) is 11.5. The number of benzene rings is 3. The Morgan fingerprint density at radius 2 is 1.61 bits per heavy atom. The van der Waals surface area contributed by atoms with Gasteiger partial charge in [-0.1, -0.05) is 62.4 Å². The molecule has 0 aromatic heterocycles. The first kappa shape index (κ1) is 24.3. The highest BCUT2D eigenvalue weighted by Gasteiger charge is 2.12. The number of halogens is 1. The van der Waals surface area contributed by atoms with Crippen molar-refractivity contribution in [3.05, 3.63) is 94.0 Å². The van der Waals surface area contributed by atoms with Gasteiger partial charge < -0.3 is 9.47 Å². The van der Waals surface area contributed by atoms with Crippen LogP contribution < -0.4 is 20.3 Å². The molecule has 0 unspecified atom stereocenters. The number of hydrazine groups is 1. The number of nitrogens with one attached hydrogen (secondary N) is 2. The van der Waals surface area contributed by atoms with E-state index in [4.69, 9.17) is 9.47 Å². The summed E-state index contributed by atoms with van der Waals surface area (Å²) in [5.74, 6) is 0.668. The number of hydrogen-bond acceptors (Lipinski definition) is 4. The van der Waals surface area contributed by atoms with Crippen molar-refractivity contribution in [2.75, 3.05) is 13.2 Å². The molecule has 0 radical (unpaired) electrons. The van der Waals surface area contributed by atoms with Gasteiger partial charge in [0.05, 0.1) is 11.1 Å². The lowest BCUT2D eigenvalue weighted by Gasteiger charge is -2.14. The van der Waals surface area contributed by atoms with Gasteiger partial charge in [0.15, 0.2) is 6.61 Å². The smallest absolute Gasteiger partial charge is 0.276 e. The normalized spacial score (nSPS) is 10.5. The molecule has 6 nitrogen and oxygen atoms in total. The quantitative estimate of drug-likeness (QED) is 0.395. The van der Waals surface area contributed by atoms with Crippen molar-refractivity contribution >= 4 is 27.7 Å². The molecule has 0 bridgehead atoms. The van der Waals surface area contributed by atoms with Gasteiger partial charge in [-0.25, -0.2) is 0 Å². The first-order valence-electron chi connectivity index (χ1n) is 10.7. The van der Waals surface area contributed by atoms with E-state index < -0.39 is 11.8 Å². The monoisotopic (exact) mass is 510 g/mol. The molecular weight excluding hydrogens is 484 g/mol. The van der Waals surface area contributed by atoms with E-state index in [0.29, 0.717) is 28.1 Å². The van der Waals surface area contributed by atoms with Crippen molar-refractivity contribution in [1.82, 2.24) is 10.9 Å². The van der Waals surface area contributed by atoms with E-state index in [-0.39, 0.29) is 12.5 Å². The van der Waals surface area contributed by atoms with Crippen LogP contribution in [0.1, 0.15) is 41.3 Å². The van der Waals surface area contributed by atoms with Gasteiger partial charge in [0, 0.05) is 12.0 Å². The van der Waals surface area contributed by atoms with Crippen LogP contribution in [0, 0.1) is 0 Å². The van der Waals surface area contributed by atoms with Crippen LogP contribution in [-0.2, 0) is 11.2 Å². The first-order chi connectivity index (χ1) is 15.9. The van der Waals surface area contributed by atoms with Crippen LogP contribution in [0.15, 0.2) is 77.3 Å². The zero-order valence-corrected chi connectivity index (χ0v) is 20.2. The minimum atomic E-state index is -0.457. The Kier molecular flexibility index (Phi) is 8.89. The van der Waals surface area contributed by atoms with Gasteiger partial charge in [0.25, 0.3) is 11.8 Å². The summed E-state index contributed by atoms with van der Waals surface area (Å²) in [6.45, 7) is 4.42. The standard InChI is InChI=1S/C26H27BrN2O4/c1-18(2)21-10-6-7-11-23(21)33-17-25(30)28-29-26(31)20-12-13-24(22(27)16-20)32-15-14-19-8-4-3-5-9-19/h3-13,16,18H,14-15,17H2,1-2H3,(H,28,30)(H,29,31). The predicted octanol–water partition coefficient (Wildman–Crippen LogP) is 5.03. The summed E-state index contributed by atoms with van der Waals surface area (Å²) in [5, 5.41) is 0. The zero-order valence-electron chi connectivity index (χ0n) is 18.6. The SMILES string of the molecule is CC(C)c1ccccc1OCC(=O)NNC(=O)c1ccc(OCCc2ccccc2)c(Br)c1. The molecule has 2 N–H and O–H groups in total. The summed E-state index contributed by atoms with van der Waals surface area (Å²) < 4.78 is 12.1. The molecule has 2 amide bonds. The molecule has 3 aromatic rings. The van der Waals surface area contributed by atoms with Crippen molar-refractivity contribution in [2.45, 2.75) is 26.2 Å². The molecule has 0 fully saturated rings. The fourth-order valence-electron chi connectivity index (χ4n) is 3.15. The van der Waals surface area contributed by atoms with Gasteiger partial charge in [-0.3, -0.25) is 20.4 Å². The third-order valence-electron chi connectivity index (χ3n) is 4.90. The van der Waals surface area contributed by atoms with E-state index in [2.05, 4.69) is 40.6 Å². The number of hydrogen-bond donors (Lipinski definition) is 2. The minimum absolute atomic E-state index is 0.206. The van der Waals surface area contributed by atoms with E-state index in [9.17, 15) is 9.59 Å². The van der Waals surface area contributed by atoms with E-state index in [1.54, 1.807) is 18.2 Å². The van der Waals surface area contributed by atoms with Crippen molar-refractivity contribution in [3.63, 3.8) is 0 Å². The molecule has 7 heteroatoms. The van der Waals surface area contributed by atoms with Gasteiger partial charge in [0.2, 0.25) is 0 Å². The molecule has 0 heterocycles. The molecule has 0 aliphatic rings. The summed E-state index contributed by atoms with van der Waals surface area (Å²) in [6, 6.07) is 22.6. The maximum Gasteiger partial charge on any atom is 0.276 e. The van der Waals surface area contributed by atoms with Crippen LogP contribution in [0.4, 0.5) is 0 Å². The molecule has 33 heavy (non-hydrogen) atoms. The molecular formula is C26H27BrN2O4. The lowest BCUT2D eigenvalue weighted by molar-refractivity contribution is -0.123. The third-order valence-corrected chi connectivity index (χ3v) is 5.52. The number of carbonyl (C=O) groups is 2. The number of carbonyl (C=O) groups excluding carboxylic acids is 2. The second kappa shape index (κ2) is 12.1. The molecule has 0 atom stereocenters. The average Bonchev–Trinajstić information content (AvgIpc) is 2.83. The molecule has 0 saturated carbocycles. The maximum atomic E-state index is 12.4. The van der Waals surface area contributed by atoms with Gasteiger partial charge in [0.1, 0.15) is 11.5 Å². The van der Waals surface area contributed by atoms with Crippen molar-refractivity contribution < 1.29 is 19.1 Å². The Labute approximate surface area is 202 Å². The Morgan fingerprint density at radius 1 is 0.879 bits per heavy atom. The molecule has 0 aliphatic carbocycles. The summed E-state index contributed by atoms with van der Waals surface area (Å²) in [5.41, 5.74) is 7.37. The highest BCUT2D eigenvalue weighted by molar-refractivity contribution is 9.10. The summed E-state index contributed by atoms with van der Waals surface area (Å²) in [7, 11) is 0. The van der Waals surface area contributed by atoms with E-state index in [1.165, 1.54) is 5.56 Å². The number of rotatable bonds is 9. The van der Waals surface area contributed by atoms with Crippen LogP contribution in [0.25, 0.3) is 0 Å². The van der Waals surface area contributed by atoms with Crippen molar-refractivity contribution in [1.29, 1.82) is 0 Å². The van der Waals surface area contributed by atoms with Crippen LogP contribution in [0.3, 0.4) is 0 Å². The second-order valence-electron chi connectivity index (χ2n) is 7.71. The van der Waals surface area contributed by atoms with E-state index in [0.717, 1.165) is 12.0 Å². The highest BCUT2D eigenvalue weighted by Crippen LogP contribution is 2.27.